The highest BCUT2D eigenvalue weighted by atomic mass is 16.3. The third-order valence-corrected chi connectivity index (χ3v) is 5.72. The molecule has 33 heavy (non-hydrogen) atoms. The zero-order chi connectivity index (χ0) is 23.4. The van der Waals surface area contributed by atoms with Crippen LogP contribution in [0.15, 0.2) is 102 Å². The minimum atomic E-state index is -0.679. The zero-order valence-corrected chi connectivity index (χ0v) is 18.7. The number of allylic oxidation sites excluding steroid dienone is 1. The van der Waals surface area contributed by atoms with Crippen molar-refractivity contribution in [1.82, 2.24) is 4.90 Å². The first-order valence-electron chi connectivity index (χ1n) is 10.8. The summed E-state index contributed by atoms with van der Waals surface area (Å²) in [6.07, 6.45) is 3.11. The van der Waals surface area contributed by atoms with Gasteiger partial charge in [0.2, 0.25) is 0 Å². The van der Waals surface area contributed by atoms with E-state index in [9.17, 15) is 14.7 Å². The fraction of sp³-hybridized carbons (Fsp3) is 0.143. The van der Waals surface area contributed by atoms with Crippen molar-refractivity contribution in [3.05, 3.63) is 119 Å². The molecule has 1 N–H and O–H groups in total. The van der Waals surface area contributed by atoms with E-state index in [1.54, 1.807) is 11.0 Å². The van der Waals surface area contributed by atoms with E-state index in [2.05, 4.69) is 0 Å². The lowest BCUT2D eigenvalue weighted by Gasteiger charge is -2.27. The van der Waals surface area contributed by atoms with Crippen LogP contribution in [0.3, 0.4) is 0 Å². The molecule has 0 aliphatic carbocycles. The summed E-state index contributed by atoms with van der Waals surface area (Å²) >= 11 is 0. The number of aliphatic hydroxyl groups excluding tert-OH is 1. The van der Waals surface area contributed by atoms with Gasteiger partial charge in [0, 0.05) is 26.3 Å². The summed E-state index contributed by atoms with van der Waals surface area (Å²) in [6.45, 7) is 0.281. The quantitative estimate of drug-likeness (QED) is 0.532. The summed E-state index contributed by atoms with van der Waals surface area (Å²) in [4.78, 5) is 29.9. The number of benzene rings is 3. The normalized spacial score (nSPS) is 16.0. The average molecular weight is 439 g/mol. The van der Waals surface area contributed by atoms with Crippen molar-refractivity contribution in [2.75, 3.05) is 19.0 Å². The van der Waals surface area contributed by atoms with Crippen molar-refractivity contribution in [1.29, 1.82) is 0 Å². The molecule has 5 nitrogen and oxygen atoms in total. The number of anilines is 1. The number of nitrogens with zero attached hydrogens (tertiary/aromatic N) is 2. The third kappa shape index (κ3) is 4.72. The highest BCUT2D eigenvalue weighted by Gasteiger charge is 2.42. The van der Waals surface area contributed by atoms with Gasteiger partial charge in [0.1, 0.15) is 0 Å². The van der Waals surface area contributed by atoms with E-state index in [1.807, 2.05) is 104 Å². The fourth-order valence-corrected chi connectivity index (χ4v) is 3.98. The summed E-state index contributed by atoms with van der Waals surface area (Å²) in [5.41, 5.74) is 3.65. The molecule has 1 amide bonds. The number of carbonyl (C=O) groups excluding carboxylic acids is 2. The molecular weight excluding hydrogens is 412 g/mol. The topological polar surface area (TPSA) is 60.9 Å². The van der Waals surface area contributed by atoms with Crippen LogP contribution in [0, 0.1) is 0 Å². The second-order valence-electron chi connectivity index (χ2n) is 8.18. The monoisotopic (exact) mass is 438 g/mol. The molecule has 5 heteroatoms. The maximum Gasteiger partial charge on any atom is 0.290 e. The number of amides is 1. The van der Waals surface area contributed by atoms with Gasteiger partial charge in [0.25, 0.3) is 5.91 Å². The molecule has 0 saturated heterocycles. The van der Waals surface area contributed by atoms with Crippen molar-refractivity contribution >= 4 is 23.5 Å². The van der Waals surface area contributed by atoms with Crippen molar-refractivity contribution in [3.63, 3.8) is 0 Å². The van der Waals surface area contributed by atoms with Crippen molar-refractivity contribution < 1.29 is 14.7 Å². The summed E-state index contributed by atoms with van der Waals surface area (Å²) in [5.74, 6) is -1.42. The second kappa shape index (κ2) is 9.57. The largest absolute Gasteiger partial charge is 0.503 e. The number of hydrogen-bond donors (Lipinski definition) is 1. The summed E-state index contributed by atoms with van der Waals surface area (Å²) in [6, 6.07) is 26.0. The van der Waals surface area contributed by atoms with Gasteiger partial charge in [0.05, 0.1) is 11.6 Å². The Hall–Kier alpha value is -4.12. The number of ketones is 1. The fourth-order valence-electron chi connectivity index (χ4n) is 3.98. The molecule has 166 valence electrons. The smallest absolute Gasteiger partial charge is 0.290 e. The average Bonchev–Trinajstić information content (AvgIpc) is 3.09. The molecule has 3 aromatic rings. The Morgan fingerprint density at radius 2 is 1.55 bits per heavy atom. The molecule has 0 spiro atoms. The van der Waals surface area contributed by atoms with Crippen LogP contribution in [0.5, 0.6) is 0 Å². The first kappa shape index (κ1) is 22.1. The summed E-state index contributed by atoms with van der Waals surface area (Å²) in [5, 5.41) is 10.8. The van der Waals surface area contributed by atoms with E-state index in [0.29, 0.717) is 0 Å². The van der Waals surface area contributed by atoms with Crippen molar-refractivity contribution in [2.45, 2.75) is 12.6 Å². The minimum Gasteiger partial charge on any atom is -0.503 e. The van der Waals surface area contributed by atoms with E-state index in [-0.39, 0.29) is 17.9 Å². The van der Waals surface area contributed by atoms with Gasteiger partial charge in [-0.2, -0.15) is 0 Å². The molecule has 1 aliphatic heterocycles. The molecule has 1 aliphatic rings. The number of rotatable bonds is 7. The molecule has 3 aromatic carbocycles. The Morgan fingerprint density at radius 1 is 0.939 bits per heavy atom. The maximum absolute atomic E-state index is 13.2. The van der Waals surface area contributed by atoms with E-state index in [1.165, 1.54) is 6.08 Å². The maximum atomic E-state index is 13.2. The van der Waals surface area contributed by atoms with Crippen LogP contribution < -0.4 is 4.90 Å². The molecule has 1 heterocycles. The van der Waals surface area contributed by atoms with Crippen LogP contribution in [0.2, 0.25) is 0 Å². The van der Waals surface area contributed by atoms with Crippen molar-refractivity contribution in [3.8, 4) is 0 Å². The third-order valence-electron chi connectivity index (χ3n) is 5.72. The standard InChI is InChI=1S/C28H26N2O3/c1-29(2)23-16-14-22(15-17-23)26-25(24(31)18-13-20-9-5-3-6-10-20)27(32)28(33)30(26)19-21-11-7-4-8-12-21/h3-18,26,32H,19H2,1-2H3. The Kier molecular flexibility index (Phi) is 6.41. The molecule has 0 radical (unpaired) electrons. The van der Waals surface area contributed by atoms with Crippen LogP contribution in [-0.2, 0) is 16.1 Å². The van der Waals surface area contributed by atoms with Crippen LogP contribution in [-0.4, -0.2) is 35.8 Å². The van der Waals surface area contributed by atoms with Gasteiger partial charge < -0.3 is 14.9 Å². The highest BCUT2D eigenvalue weighted by Crippen LogP contribution is 2.39. The predicted molar refractivity (Wildman–Crippen MR) is 131 cm³/mol. The first-order chi connectivity index (χ1) is 16.0. The van der Waals surface area contributed by atoms with Gasteiger partial charge in [-0.15, -0.1) is 0 Å². The molecule has 0 fully saturated rings. The number of carbonyl (C=O) groups is 2. The molecule has 1 atom stereocenters. The van der Waals surface area contributed by atoms with Gasteiger partial charge in [-0.05, 0) is 34.9 Å². The van der Waals surface area contributed by atoms with Gasteiger partial charge in [0.15, 0.2) is 11.5 Å². The Bertz CT molecular complexity index is 1200. The van der Waals surface area contributed by atoms with Crippen LogP contribution >= 0.6 is 0 Å². The van der Waals surface area contributed by atoms with Crippen LogP contribution in [0.4, 0.5) is 5.69 Å². The van der Waals surface area contributed by atoms with Crippen LogP contribution in [0.1, 0.15) is 22.7 Å². The second-order valence-corrected chi connectivity index (χ2v) is 8.18. The lowest BCUT2D eigenvalue weighted by atomic mass is 9.95. The summed E-state index contributed by atoms with van der Waals surface area (Å²) < 4.78 is 0. The van der Waals surface area contributed by atoms with Gasteiger partial charge >= 0.3 is 0 Å². The SMILES string of the molecule is CN(C)c1ccc(C2C(C(=O)C=Cc3ccccc3)=C(O)C(=O)N2Cc2ccccc2)cc1. The van der Waals surface area contributed by atoms with E-state index in [0.717, 1.165) is 22.4 Å². The zero-order valence-electron chi connectivity index (χ0n) is 18.7. The van der Waals surface area contributed by atoms with Crippen molar-refractivity contribution in [2.24, 2.45) is 0 Å². The summed E-state index contributed by atoms with van der Waals surface area (Å²) in [7, 11) is 3.90. The lowest BCUT2D eigenvalue weighted by Crippen LogP contribution is -2.30. The Labute approximate surface area is 193 Å². The van der Waals surface area contributed by atoms with Gasteiger partial charge in [-0.25, -0.2) is 0 Å². The number of aliphatic hydroxyl groups is 1. The number of hydrogen-bond acceptors (Lipinski definition) is 4. The predicted octanol–water partition coefficient (Wildman–Crippen LogP) is 4.93. The molecule has 0 saturated carbocycles. The lowest BCUT2D eigenvalue weighted by molar-refractivity contribution is -0.130. The Morgan fingerprint density at radius 3 is 2.15 bits per heavy atom. The van der Waals surface area contributed by atoms with Crippen LogP contribution in [0.25, 0.3) is 6.08 Å². The first-order valence-corrected chi connectivity index (χ1v) is 10.8. The van der Waals surface area contributed by atoms with Gasteiger partial charge in [-0.1, -0.05) is 78.9 Å². The van der Waals surface area contributed by atoms with Gasteiger partial charge in [-0.3, -0.25) is 9.59 Å². The highest BCUT2D eigenvalue weighted by molar-refractivity contribution is 6.14. The Balaban J connectivity index is 1.72. The molecule has 0 bridgehead atoms. The molecule has 4 rings (SSSR count). The molecular formula is C28H26N2O3. The van der Waals surface area contributed by atoms with E-state index < -0.39 is 17.7 Å². The van der Waals surface area contributed by atoms with E-state index in [4.69, 9.17) is 0 Å². The molecule has 0 aromatic heterocycles. The van der Waals surface area contributed by atoms with E-state index >= 15 is 0 Å². The minimum absolute atomic E-state index is 0.0979. The molecule has 1 unspecified atom stereocenters.